The van der Waals surface area contributed by atoms with Crippen LogP contribution in [0.2, 0.25) is 0 Å². The van der Waals surface area contributed by atoms with Crippen molar-refractivity contribution in [2.24, 2.45) is 5.18 Å². The van der Waals surface area contributed by atoms with Crippen molar-refractivity contribution in [3.05, 3.63) is 25.7 Å². The number of nitrogen functional groups attached to an aromatic ring is 1. The van der Waals surface area contributed by atoms with E-state index in [4.69, 9.17) is 10.5 Å². The molecule has 0 fully saturated rings. The molecule has 8 heteroatoms. The number of nitrogens with two attached hydrogens (primary N) is 1. The topological polar surface area (TPSA) is 109 Å². The molecule has 1 heterocycles. The standard InChI is InChI=1S/C11H18N4O4/c1-3-5-14-9(12)8(13-18)10(16)15(11(14)17)6-4-7-19-2/h3-7,12H2,1-2H3. The first kappa shape index (κ1) is 15.1. The largest absolute Gasteiger partial charge is 0.385 e. The molecule has 0 atom stereocenters. The summed E-state index contributed by atoms with van der Waals surface area (Å²) < 4.78 is 7.04. The van der Waals surface area contributed by atoms with E-state index in [1.165, 1.54) is 11.7 Å². The first-order valence-electron chi connectivity index (χ1n) is 6.03. The summed E-state index contributed by atoms with van der Waals surface area (Å²) >= 11 is 0. The van der Waals surface area contributed by atoms with E-state index in [1.807, 2.05) is 6.92 Å². The van der Waals surface area contributed by atoms with E-state index < -0.39 is 16.9 Å². The van der Waals surface area contributed by atoms with E-state index in [2.05, 4.69) is 5.18 Å². The van der Waals surface area contributed by atoms with Crippen LogP contribution in [0.1, 0.15) is 19.8 Å². The van der Waals surface area contributed by atoms with Crippen molar-refractivity contribution in [3.63, 3.8) is 0 Å². The average molecular weight is 270 g/mol. The van der Waals surface area contributed by atoms with Crippen LogP contribution in [0, 0.1) is 4.91 Å². The molecule has 2 N–H and O–H groups in total. The molecule has 0 unspecified atom stereocenters. The van der Waals surface area contributed by atoms with E-state index in [9.17, 15) is 14.5 Å². The molecule has 106 valence electrons. The first-order valence-corrected chi connectivity index (χ1v) is 6.03. The molecule has 0 amide bonds. The van der Waals surface area contributed by atoms with E-state index in [1.54, 1.807) is 0 Å². The molecule has 1 aromatic rings. The number of nitrogens with zero attached hydrogens (tertiary/aromatic N) is 3. The number of nitroso groups, excluding NO2 is 1. The van der Waals surface area contributed by atoms with Crippen molar-refractivity contribution in [2.75, 3.05) is 19.5 Å². The fourth-order valence-electron chi connectivity index (χ4n) is 1.79. The molecule has 1 aromatic heterocycles. The molecule has 1 rings (SSSR count). The molecule has 0 radical (unpaired) electrons. The lowest BCUT2D eigenvalue weighted by atomic mass is 10.4. The number of methoxy groups -OCH3 is 1. The van der Waals surface area contributed by atoms with Crippen LogP contribution in [0.15, 0.2) is 14.8 Å². The van der Waals surface area contributed by atoms with Gasteiger partial charge in [0.05, 0.1) is 0 Å². The average Bonchev–Trinajstić information content (AvgIpc) is 2.39. The van der Waals surface area contributed by atoms with Crippen LogP contribution in [0.4, 0.5) is 11.5 Å². The van der Waals surface area contributed by atoms with Crippen LogP contribution in [0.25, 0.3) is 0 Å². The molecule has 19 heavy (non-hydrogen) atoms. The van der Waals surface area contributed by atoms with Crippen molar-refractivity contribution in [1.82, 2.24) is 9.13 Å². The number of aromatic nitrogens is 2. The van der Waals surface area contributed by atoms with Gasteiger partial charge < -0.3 is 10.5 Å². The van der Waals surface area contributed by atoms with Gasteiger partial charge in [-0.25, -0.2) is 4.79 Å². The molecule has 8 nitrogen and oxygen atoms in total. The number of rotatable bonds is 7. The Labute approximate surface area is 109 Å². The van der Waals surface area contributed by atoms with Crippen molar-refractivity contribution in [1.29, 1.82) is 0 Å². The van der Waals surface area contributed by atoms with Gasteiger partial charge in [-0.05, 0) is 18.0 Å². The summed E-state index contributed by atoms with van der Waals surface area (Å²) in [6.07, 6.45) is 1.14. The van der Waals surface area contributed by atoms with Crippen LogP contribution in [0.5, 0.6) is 0 Å². The lowest BCUT2D eigenvalue weighted by molar-refractivity contribution is 0.189. The Kier molecular flexibility index (Phi) is 5.43. The van der Waals surface area contributed by atoms with Crippen LogP contribution >= 0.6 is 0 Å². The fraction of sp³-hybridized carbons (Fsp3) is 0.636. The maximum atomic E-state index is 12.1. The molecule has 0 saturated carbocycles. The monoisotopic (exact) mass is 270 g/mol. The quantitative estimate of drug-likeness (QED) is 0.571. The van der Waals surface area contributed by atoms with E-state index in [-0.39, 0.29) is 12.4 Å². The van der Waals surface area contributed by atoms with Gasteiger partial charge in [-0.3, -0.25) is 13.9 Å². The highest BCUT2D eigenvalue weighted by Gasteiger charge is 2.17. The third-order valence-corrected chi connectivity index (χ3v) is 2.71. The van der Waals surface area contributed by atoms with Gasteiger partial charge in [-0.1, -0.05) is 6.92 Å². The zero-order valence-corrected chi connectivity index (χ0v) is 11.1. The number of hydrogen-bond donors (Lipinski definition) is 1. The van der Waals surface area contributed by atoms with E-state index >= 15 is 0 Å². The Balaban J connectivity index is 3.36. The van der Waals surface area contributed by atoms with Gasteiger partial charge in [0.1, 0.15) is 5.82 Å². The highest BCUT2D eigenvalue weighted by Crippen LogP contribution is 2.14. The SMILES string of the molecule is CCCn1c(N)c(N=O)c(=O)n(CCCOC)c1=O. The lowest BCUT2D eigenvalue weighted by Crippen LogP contribution is -2.41. The van der Waals surface area contributed by atoms with Gasteiger partial charge in [-0.2, -0.15) is 0 Å². The van der Waals surface area contributed by atoms with Crippen molar-refractivity contribution in [2.45, 2.75) is 32.9 Å². The summed E-state index contributed by atoms with van der Waals surface area (Å²) in [6, 6.07) is 0. The Hall–Kier alpha value is -1.96. The molecule has 0 aliphatic carbocycles. The Morgan fingerprint density at radius 1 is 1.26 bits per heavy atom. The molecular weight excluding hydrogens is 252 g/mol. The summed E-state index contributed by atoms with van der Waals surface area (Å²) in [5, 5.41) is 2.64. The number of anilines is 1. The van der Waals surface area contributed by atoms with Crippen molar-refractivity contribution >= 4 is 11.5 Å². The third-order valence-electron chi connectivity index (χ3n) is 2.71. The molecule has 0 aromatic carbocycles. The smallest absolute Gasteiger partial charge is 0.332 e. The van der Waals surface area contributed by atoms with Gasteiger partial charge in [0.25, 0.3) is 5.56 Å². The first-order chi connectivity index (χ1) is 9.08. The summed E-state index contributed by atoms with van der Waals surface area (Å²) in [7, 11) is 1.53. The summed E-state index contributed by atoms with van der Waals surface area (Å²) in [4.78, 5) is 34.8. The highest BCUT2D eigenvalue weighted by atomic mass is 16.5. The molecular formula is C11H18N4O4. The van der Waals surface area contributed by atoms with Gasteiger partial charge in [0.2, 0.25) is 5.69 Å². The van der Waals surface area contributed by atoms with Crippen molar-refractivity contribution < 1.29 is 4.74 Å². The second-order valence-electron chi connectivity index (χ2n) is 4.06. The van der Waals surface area contributed by atoms with Gasteiger partial charge in [0, 0.05) is 26.8 Å². The summed E-state index contributed by atoms with van der Waals surface area (Å²) in [5.41, 5.74) is 3.96. The molecule has 0 aliphatic heterocycles. The summed E-state index contributed by atoms with van der Waals surface area (Å²) in [5.74, 6) is -0.171. The minimum absolute atomic E-state index is 0.165. The predicted octanol–water partition coefficient (Wildman–Crippen LogP) is 0.437. The van der Waals surface area contributed by atoms with Crippen LogP contribution in [0.3, 0.4) is 0 Å². The molecule has 0 saturated heterocycles. The minimum Gasteiger partial charge on any atom is -0.385 e. The maximum absolute atomic E-state index is 12.1. The zero-order chi connectivity index (χ0) is 14.4. The Morgan fingerprint density at radius 2 is 1.95 bits per heavy atom. The molecule has 0 bridgehead atoms. The second-order valence-corrected chi connectivity index (χ2v) is 4.06. The third kappa shape index (κ3) is 3.08. The summed E-state index contributed by atoms with van der Waals surface area (Å²) in [6.45, 7) is 2.77. The number of hydrogen-bond acceptors (Lipinski definition) is 6. The van der Waals surface area contributed by atoms with Crippen LogP contribution in [-0.4, -0.2) is 22.9 Å². The second kappa shape index (κ2) is 6.83. The van der Waals surface area contributed by atoms with Crippen LogP contribution < -0.4 is 17.0 Å². The van der Waals surface area contributed by atoms with E-state index in [0.29, 0.717) is 26.0 Å². The maximum Gasteiger partial charge on any atom is 0.332 e. The van der Waals surface area contributed by atoms with Gasteiger partial charge in [-0.15, -0.1) is 4.91 Å². The lowest BCUT2D eigenvalue weighted by Gasteiger charge is -2.13. The highest BCUT2D eigenvalue weighted by molar-refractivity contribution is 5.55. The Bertz CT molecular complexity index is 561. The normalized spacial score (nSPS) is 10.6. The van der Waals surface area contributed by atoms with Crippen molar-refractivity contribution in [3.8, 4) is 0 Å². The Morgan fingerprint density at radius 3 is 2.47 bits per heavy atom. The van der Waals surface area contributed by atoms with Crippen LogP contribution in [-0.2, 0) is 17.8 Å². The zero-order valence-electron chi connectivity index (χ0n) is 11.1. The molecule has 0 spiro atoms. The van der Waals surface area contributed by atoms with Gasteiger partial charge >= 0.3 is 5.69 Å². The predicted molar refractivity (Wildman–Crippen MR) is 71.6 cm³/mol. The fourth-order valence-corrected chi connectivity index (χ4v) is 1.79. The van der Waals surface area contributed by atoms with Gasteiger partial charge in [0.15, 0.2) is 0 Å². The minimum atomic E-state index is -0.749. The number of ether oxygens (including phenoxy) is 1. The molecule has 0 aliphatic rings. The van der Waals surface area contributed by atoms with E-state index in [0.717, 1.165) is 4.57 Å².